The van der Waals surface area contributed by atoms with Gasteiger partial charge >= 0.3 is 5.97 Å². The van der Waals surface area contributed by atoms with Crippen molar-refractivity contribution < 1.29 is 19.2 Å². The van der Waals surface area contributed by atoms with Crippen LogP contribution in [0, 0.1) is 0 Å². The number of rotatable bonds is 6. The number of nitrogens with two attached hydrogens (primary N) is 1. The van der Waals surface area contributed by atoms with Crippen molar-refractivity contribution >= 4 is 11.8 Å². The summed E-state index contributed by atoms with van der Waals surface area (Å²) in [6, 6.07) is 6.74. The van der Waals surface area contributed by atoms with Gasteiger partial charge in [0.2, 0.25) is 0 Å². The lowest BCUT2D eigenvalue weighted by molar-refractivity contribution is -0.151. The van der Waals surface area contributed by atoms with Crippen LogP contribution in [0.5, 0.6) is 5.75 Å². The van der Waals surface area contributed by atoms with Crippen LogP contribution >= 0.6 is 0 Å². The molecule has 0 amide bonds. The highest BCUT2D eigenvalue weighted by Gasteiger charge is 2.04. The Hall–Kier alpha value is -1.92. The number of carbonyl (C=O) groups excluding carboxylic acids is 2. The van der Waals surface area contributed by atoms with Crippen LogP contribution in [-0.2, 0) is 9.63 Å². The van der Waals surface area contributed by atoms with Crippen molar-refractivity contribution in [3.63, 3.8) is 0 Å². The van der Waals surface area contributed by atoms with Gasteiger partial charge in [-0.1, -0.05) is 17.7 Å². The fraction of sp³-hybridized carbons (Fsp3) is 0.273. The second-order valence-corrected chi connectivity index (χ2v) is 3.27. The summed E-state index contributed by atoms with van der Waals surface area (Å²) in [6.45, 7) is 1.63. The Morgan fingerprint density at radius 1 is 1.41 bits per heavy atom. The van der Waals surface area contributed by atoms with Crippen LogP contribution in [0.4, 0.5) is 0 Å². The van der Waals surface area contributed by atoms with Gasteiger partial charge in [0.1, 0.15) is 5.75 Å². The van der Waals surface area contributed by atoms with E-state index in [0.717, 1.165) is 0 Å². The SMILES string of the molecule is CC(=O)c1cccc(OCCC(=O)ONN)c1. The smallest absolute Gasteiger partial charge is 0.329 e. The molecule has 0 aliphatic carbocycles. The third kappa shape index (κ3) is 4.62. The van der Waals surface area contributed by atoms with Crippen LogP contribution in [-0.4, -0.2) is 18.4 Å². The van der Waals surface area contributed by atoms with Gasteiger partial charge in [-0.2, -0.15) is 0 Å². The molecule has 17 heavy (non-hydrogen) atoms. The van der Waals surface area contributed by atoms with Crippen molar-refractivity contribution in [3.05, 3.63) is 29.8 Å². The second-order valence-electron chi connectivity index (χ2n) is 3.27. The third-order valence-corrected chi connectivity index (χ3v) is 1.99. The fourth-order valence-corrected chi connectivity index (χ4v) is 1.17. The highest BCUT2D eigenvalue weighted by atomic mass is 16.7. The number of carbonyl (C=O) groups is 2. The summed E-state index contributed by atoms with van der Waals surface area (Å²) in [5.74, 6) is 4.77. The zero-order chi connectivity index (χ0) is 12.7. The van der Waals surface area contributed by atoms with E-state index in [9.17, 15) is 9.59 Å². The van der Waals surface area contributed by atoms with Crippen molar-refractivity contribution in [1.29, 1.82) is 0 Å². The molecule has 0 unspecified atom stereocenters. The summed E-state index contributed by atoms with van der Waals surface area (Å²) in [5.41, 5.74) is 2.35. The van der Waals surface area contributed by atoms with Crippen LogP contribution in [0.3, 0.4) is 0 Å². The fourth-order valence-electron chi connectivity index (χ4n) is 1.17. The van der Waals surface area contributed by atoms with Gasteiger partial charge in [-0.15, -0.1) is 0 Å². The van der Waals surface area contributed by atoms with Gasteiger partial charge in [0.15, 0.2) is 5.78 Å². The van der Waals surface area contributed by atoms with E-state index in [1.54, 1.807) is 29.9 Å². The number of Topliss-reactive ketones (excluding diaryl/α,β-unsaturated/α-hetero) is 1. The first-order chi connectivity index (χ1) is 8.13. The predicted octanol–water partition coefficient (Wildman–Crippen LogP) is 0.580. The number of hydrazine groups is 1. The molecule has 6 heteroatoms. The first-order valence-electron chi connectivity index (χ1n) is 5.02. The normalized spacial score (nSPS) is 9.76. The Bertz CT molecular complexity index is 406. The maximum absolute atomic E-state index is 11.1. The molecule has 0 saturated heterocycles. The summed E-state index contributed by atoms with van der Waals surface area (Å²) in [5, 5.41) is 0. The molecular formula is C11H14N2O4. The maximum atomic E-state index is 11.1. The number of ketones is 1. The standard InChI is InChI=1S/C11H14N2O4/c1-8(14)9-3-2-4-10(7-9)16-6-5-11(15)17-13-12/h2-4,7,13H,5-6,12H2,1H3. The van der Waals surface area contributed by atoms with Crippen LogP contribution in [0.25, 0.3) is 0 Å². The molecule has 0 radical (unpaired) electrons. The second kappa shape index (κ2) is 6.62. The molecule has 0 saturated carbocycles. The molecule has 1 aromatic carbocycles. The minimum atomic E-state index is -0.518. The van der Waals surface area contributed by atoms with Gasteiger partial charge < -0.3 is 9.57 Å². The van der Waals surface area contributed by atoms with Crippen molar-refractivity contribution in [2.24, 2.45) is 5.84 Å². The van der Waals surface area contributed by atoms with E-state index in [1.165, 1.54) is 6.92 Å². The summed E-state index contributed by atoms with van der Waals surface area (Å²) < 4.78 is 5.29. The van der Waals surface area contributed by atoms with Crippen LogP contribution < -0.4 is 16.2 Å². The molecule has 3 N–H and O–H groups in total. The van der Waals surface area contributed by atoms with E-state index in [0.29, 0.717) is 11.3 Å². The minimum absolute atomic E-state index is 0.0396. The Kier molecular flexibility index (Phi) is 5.12. The lowest BCUT2D eigenvalue weighted by atomic mass is 10.1. The Labute approximate surface area is 98.6 Å². The Balaban J connectivity index is 2.44. The molecule has 6 nitrogen and oxygen atoms in total. The number of hydrogen-bond acceptors (Lipinski definition) is 6. The van der Waals surface area contributed by atoms with Gasteiger partial charge in [0, 0.05) is 5.56 Å². The molecule has 0 atom stereocenters. The van der Waals surface area contributed by atoms with Gasteiger partial charge in [-0.05, 0) is 19.1 Å². The molecule has 0 aliphatic rings. The van der Waals surface area contributed by atoms with Crippen LogP contribution in [0.15, 0.2) is 24.3 Å². The van der Waals surface area contributed by atoms with Crippen LogP contribution in [0.2, 0.25) is 0 Å². The summed E-state index contributed by atoms with van der Waals surface area (Å²) >= 11 is 0. The average molecular weight is 238 g/mol. The largest absolute Gasteiger partial charge is 0.493 e. The monoisotopic (exact) mass is 238 g/mol. The highest BCUT2D eigenvalue weighted by Crippen LogP contribution is 2.13. The first kappa shape index (κ1) is 13.1. The van der Waals surface area contributed by atoms with E-state index in [2.05, 4.69) is 4.84 Å². The number of benzene rings is 1. The van der Waals surface area contributed by atoms with Gasteiger partial charge in [-0.3, -0.25) is 9.59 Å². The van der Waals surface area contributed by atoms with Crippen LogP contribution in [0.1, 0.15) is 23.7 Å². The van der Waals surface area contributed by atoms with E-state index in [4.69, 9.17) is 10.6 Å². The highest BCUT2D eigenvalue weighted by molar-refractivity contribution is 5.94. The van der Waals surface area contributed by atoms with Crippen molar-refractivity contribution in [2.75, 3.05) is 6.61 Å². The topological polar surface area (TPSA) is 90.7 Å². The molecule has 92 valence electrons. The van der Waals surface area contributed by atoms with E-state index in [1.807, 2.05) is 0 Å². The van der Waals surface area contributed by atoms with Crippen molar-refractivity contribution in [1.82, 2.24) is 5.59 Å². The molecule has 1 rings (SSSR count). The lowest BCUT2D eigenvalue weighted by Crippen LogP contribution is -2.26. The molecule has 0 fully saturated rings. The number of nitrogens with one attached hydrogen (secondary N) is 1. The third-order valence-electron chi connectivity index (χ3n) is 1.99. The number of hydrogen-bond donors (Lipinski definition) is 2. The Morgan fingerprint density at radius 2 is 2.18 bits per heavy atom. The molecule has 0 bridgehead atoms. The summed E-state index contributed by atoms with van der Waals surface area (Å²) in [7, 11) is 0. The van der Waals surface area contributed by atoms with Gasteiger partial charge in [0.05, 0.1) is 13.0 Å². The predicted molar refractivity (Wildman–Crippen MR) is 60.0 cm³/mol. The molecule has 1 aromatic rings. The first-order valence-corrected chi connectivity index (χ1v) is 5.02. The summed E-state index contributed by atoms with van der Waals surface area (Å²) in [6.07, 6.45) is 0.0640. The van der Waals surface area contributed by atoms with E-state index in [-0.39, 0.29) is 18.8 Å². The van der Waals surface area contributed by atoms with Crippen molar-refractivity contribution in [3.8, 4) is 5.75 Å². The average Bonchev–Trinajstić information content (AvgIpc) is 2.30. The molecular weight excluding hydrogens is 224 g/mol. The summed E-state index contributed by atoms with van der Waals surface area (Å²) in [4.78, 5) is 26.3. The quantitative estimate of drug-likeness (QED) is 0.428. The molecule has 0 spiro atoms. The molecule has 0 aliphatic heterocycles. The minimum Gasteiger partial charge on any atom is -0.493 e. The zero-order valence-electron chi connectivity index (χ0n) is 9.43. The van der Waals surface area contributed by atoms with Crippen molar-refractivity contribution in [2.45, 2.75) is 13.3 Å². The van der Waals surface area contributed by atoms with Gasteiger partial charge in [-0.25, -0.2) is 5.84 Å². The molecule has 0 heterocycles. The van der Waals surface area contributed by atoms with Gasteiger partial charge in [0.25, 0.3) is 0 Å². The number of ether oxygens (including phenoxy) is 1. The lowest BCUT2D eigenvalue weighted by Gasteiger charge is -2.06. The zero-order valence-corrected chi connectivity index (χ0v) is 9.43. The maximum Gasteiger partial charge on any atom is 0.329 e. The Morgan fingerprint density at radius 3 is 2.82 bits per heavy atom. The van der Waals surface area contributed by atoms with E-state index >= 15 is 0 Å². The molecule has 0 aromatic heterocycles. The van der Waals surface area contributed by atoms with E-state index < -0.39 is 5.97 Å².